The van der Waals surface area contributed by atoms with E-state index >= 15 is 0 Å². The third-order valence-electron chi connectivity index (χ3n) is 2.60. The first-order valence-electron chi connectivity index (χ1n) is 5.84. The molecule has 0 radical (unpaired) electrons. The first kappa shape index (κ1) is 13.1. The van der Waals surface area contributed by atoms with Gasteiger partial charge >= 0.3 is 0 Å². The van der Waals surface area contributed by atoms with Gasteiger partial charge in [0.05, 0.1) is 18.6 Å². The van der Waals surface area contributed by atoms with E-state index in [2.05, 4.69) is 10.3 Å². The number of nitrogens with zero attached hydrogens (tertiary/aromatic N) is 2. The van der Waals surface area contributed by atoms with Crippen molar-refractivity contribution in [2.75, 3.05) is 6.54 Å². The molecule has 0 spiro atoms. The first-order valence-corrected chi connectivity index (χ1v) is 6.22. The van der Waals surface area contributed by atoms with Crippen molar-refractivity contribution in [1.82, 2.24) is 14.9 Å². The van der Waals surface area contributed by atoms with E-state index in [0.29, 0.717) is 11.6 Å². The number of imidazole rings is 1. The summed E-state index contributed by atoms with van der Waals surface area (Å²) in [5.74, 6) is -0.276. The second-order valence-corrected chi connectivity index (χ2v) is 4.46. The maximum atomic E-state index is 13.1. The standard InChI is InChI=1S/C13H15ClFN3/c1-2-16-6-12-8-18(9-17-12)7-10-5-11(15)3-4-13(10)14/h3-5,8-9,16H,2,6-7H2,1H3. The van der Waals surface area contributed by atoms with Crippen molar-refractivity contribution in [3.8, 4) is 0 Å². The molecule has 2 rings (SSSR count). The van der Waals surface area contributed by atoms with Crippen LogP contribution in [0, 0.1) is 5.82 Å². The van der Waals surface area contributed by atoms with Gasteiger partial charge in [-0.3, -0.25) is 0 Å². The van der Waals surface area contributed by atoms with Gasteiger partial charge in [-0.05, 0) is 30.3 Å². The molecule has 0 aliphatic carbocycles. The molecule has 0 fully saturated rings. The van der Waals surface area contributed by atoms with Crippen LogP contribution in [0.25, 0.3) is 0 Å². The van der Waals surface area contributed by atoms with Crippen molar-refractivity contribution in [2.45, 2.75) is 20.0 Å². The second kappa shape index (κ2) is 5.98. The molecule has 0 saturated heterocycles. The summed E-state index contributed by atoms with van der Waals surface area (Å²) in [6.07, 6.45) is 3.66. The molecule has 96 valence electrons. The van der Waals surface area contributed by atoms with Crippen LogP contribution in [0.1, 0.15) is 18.2 Å². The van der Waals surface area contributed by atoms with Crippen molar-refractivity contribution in [3.63, 3.8) is 0 Å². The molecular formula is C13H15ClFN3. The molecule has 0 amide bonds. The van der Waals surface area contributed by atoms with Crippen LogP contribution in [0.15, 0.2) is 30.7 Å². The van der Waals surface area contributed by atoms with Crippen LogP contribution in [0.4, 0.5) is 4.39 Å². The average Bonchev–Trinajstić information content (AvgIpc) is 2.79. The van der Waals surface area contributed by atoms with Crippen LogP contribution in [0.3, 0.4) is 0 Å². The van der Waals surface area contributed by atoms with Gasteiger partial charge in [-0.25, -0.2) is 9.37 Å². The van der Waals surface area contributed by atoms with Crippen molar-refractivity contribution < 1.29 is 4.39 Å². The van der Waals surface area contributed by atoms with Crippen LogP contribution in [-0.4, -0.2) is 16.1 Å². The largest absolute Gasteiger partial charge is 0.333 e. The van der Waals surface area contributed by atoms with E-state index in [1.54, 1.807) is 12.4 Å². The third-order valence-corrected chi connectivity index (χ3v) is 2.97. The maximum absolute atomic E-state index is 13.1. The lowest BCUT2D eigenvalue weighted by Crippen LogP contribution is -2.11. The summed E-state index contributed by atoms with van der Waals surface area (Å²) < 4.78 is 15.0. The third kappa shape index (κ3) is 3.31. The number of hydrogen-bond donors (Lipinski definition) is 1. The molecule has 0 unspecified atom stereocenters. The molecule has 1 N–H and O–H groups in total. The highest BCUT2D eigenvalue weighted by Gasteiger charge is 2.04. The minimum atomic E-state index is -0.276. The lowest BCUT2D eigenvalue weighted by Gasteiger charge is -2.05. The lowest BCUT2D eigenvalue weighted by atomic mass is 10.2. The topological polar surface area (TPSA) is 29.9 Å². The fourth-order valence-corrected chi connectivity index (χ4v) is 1.88. The minimum absolute atomic E-state index is 0.276. The molecule has 0 aliphatic rings. The number of benzene rings is 1. The van der Waals surface area contributed by atoms with E-state index in [-0.39, 0.29) is 5.82 Å². The fraction of sp³-hybridized carbons (Fsp3) is 0.308. The average molecular weight is 268 g/mol. The van der Waals surface area contributed by atoms with Gasteiger partial charge < -0.3 is 9.88 Å². The van der Waals surface area contributed by atoms with Gasteiger partial charge in [0.25, 0.3) is 0 Å². The molecule has 0 bridgehead atoms. The summed E-state index contributed by atoms with van der Waals surface area (Å²) >= 11 is 6.02. The van der Waals surface area contributed by atoms with E-state index in [9.17, 15) is 4.39 Å². The predicted molar refractivity (Wildman–Crippen MR) is 70.1 cm³/mol. The maximum Gasteiger partial charge on any atom is 0.123 e. The molecule has 2 aromatic rings. The molecule has 1 aromatic carbocycles. The zero-order valence-electron chi connectivity index (χ0n) is 10.2. The van der Waals surface area contributed by atoms with Crippen LogP contribution < -0.4 is 5.32 Å². The molecule has 0 saturated carbocycles. The molecule has 1 aromatic heterocycles. The lowest BCUT2D eigenvalue weighted by molar-refractivity contribution is 0.623. The predicted octanol–water partition coefficient (Wildman–Crippen LogP) is 2.83. The second-order valence-electron chi connectivity index (χ2n) is 4.05. The Morgan fingerprint density at radius 1 is 1.44 bits per heavy atom. The number of aromatic nitrogens is 2. The zero-order valence-corrected chi connectivity index (χ0v) is 10.9. The summed E-state index contributed by atoms with van der Waals surface area (Å²) in [7, 11) is 0. The summed E-state index contributed by atoms with van der Waals surface area (Å²) in [6.45, 7) is 4.21. The van der Waals surface area contributed by atoms with Gasteiger partial charge in [0.1, 0.15) is 5.82 Å². The molecule has 0 aliphatic heterocycles. The van der Waals surface area contributed by atoms with Gasteiger partial charge in [0.2, 0.25) is 0 Å². The molecule has 0 atom stereocenters. The molecule has 3 nitrogen and oxygen atoms in total. The van der Waals surface area contributed by atoms with E-state index in [0.717, 1.165) is 24.3 Å². The Bertz CT molecular complexity index is 525. The molecule has 1 heterocycles. The quantitative estimate of drug-likeness (QED) is 0.903. The molecule has 18 heavy (non-hydrogen) atoms. The van der Waals surface area contributed by atoms with Gasteiger partial charge in [-0.1, -0.05) is 18.5 Å². The Balaban J connectivity index is 2.08. The van der Waals surface area contributed by atoms with Gasteiger partial charge in [0, 0.05) is 17.8 Å². The minimum Gasteiger partial charge on any atom is -0.333 e. The van der Waals surface area contributed by atoms with Crippen LogP contribution in [0.5, 0.6) is 0 Å². The fourth-order valence-electron chi connectivity index (χ4n) is 1.70. The van der Waals surface area contributed by atoms with Crippen molar-refractivity contribution in [2.24, 2.45) is 0 Å². The Hall–Kier alpha value is -1.39. The Morgan fingerprint density at radius 3 is 3.06 bits per heavy atom. The summed E-state index contributed by atoms with van der Waals surface area (Å²) in [5, 5.41) is 3.77. The highest BCUT2D eigenvalue weighted by atomic mass is 35.5. The van der Waals surface area contributed by atoms with E-state index < -0.39 is 0 Å². The highest BCUT2D eigenvalue weighted by molar-refractivity contribution is 6.31. The Kier molecular flexibility index (Phi) is 4.33. The summed E-state index contributed by atoms with van der Waals surface area (Å²) in [4.78, 5) is 4.27. The van der Waals surface area contributed by atoms with Crippen molar-refractivity contribution in [3.05, 3.63) is 52.8 Å². The normalized spacial score (nSPS) is 10.8. The number of nitrogens with one attached hydrogen (secondary N) is 1. The smallest absolute Gasteiger partial charge is 0.123 e. The van der Waals surface area contributed by atoms with Crippen molar-refractivity contribution in [1.29, 1.82) is 0 Å². The molecule has 5 heteroatoms. The first-order chi connectivity index (χ1) is 8.69. The van der Waals surface area contributed by atoms with Crippen LogP contribution >= 0.6 is 11.6 Å². The van der Waals surface area contributed by atoms with Gasteiger partial charge in [0.15, 0.2) is 0 Å². The molecular weight excluding hydrogens is 253 g/mol. The van der Waals surface area contributed by atoms with Crippen LogP contribution in [-0.2, 0) is 13.1 Å². The van der Waals surface area contributed by atoms with E-state index in [1.807, 2.05) is 17.7 Å². The monoisotopic (exact) mass is 267 g/mol. The van der Waals surface area contributed by atoms with E-state index in [4.69, 9.17) is 11.6 Å². The number of hydrogen-bond acceptors (Lipinski definition) is 2. The highest BCUT2D eigenvalue weighted by Crippen LogP contribution is 2.18. The number of halogens is 2. The number of rotatable bonds is 5. The van der Waals surface area contributed by atoms with E-state index in [1.165, 1.54) is 12.1 Å². The Morgan fingerprint density at radius 2 is 2.28 bits per heavy atom. The van der Waals surface area contributed by atoms with Crippen LogP contribution in [0.2, 0.25) is 5.02 Å². The van der Waals surface area contributed by atoms with Gasteiger partial charge in [-0.15, -0.1) is 0 Å². The Labute approximate surface area is 111 Å². The van der Waals surface area contributed by atoms with Gasteiger partial charge in [-0.2, -0.15) is 0 Å². The zero-order chi connectivity index (χ0) is 13.0. The summed E-state index contributed by atoms with van der Waals surface area (Å²) in [6, 6.07) is 4.38. The summed E-state index contributed by atoms with van der Waals surface area (Å²) in [5.41, 5.74) is 1.72. The SMILES string of the molecule is CCNCc1cn(Cc2cc(F)ccc2Cl)cn1. The van der Waals surface area contributed by atoms with Crippen molar-refractivity contribution >= 4 is 11.6 Å².